The van der Waals surface area contributed by atoms with Crippen molar-refractivity contribution >= 4 is 30.9 Å². The minimum atomic E-state index is -1.47. The molecular formula is C51H66OP2+2. The van der Waals surface area contributed by atoms with E-state index >= 15 is 0 Å². The summed E-state index contributed by atoms with van der Waals surface area (Å²) in [6.07, 6.45) is 30.4. The lowest BCUT2D eigenvalue weighted by Crippen LogP contribution is -2.35. The topological polar surface area (TPSA) is 17.1 Å². The Kier molecular flexibility index (Phi) is 12.8. The van der Waals surface area contributed by atoms with Gasteiger partial charge in [-0.05, 0) is 138 Å². The van der Waals surface area contributed by atoms with Crippen LogP contribution < -0.4 is 10.6 Å². The van der Waals surface area contributed by atoms with Crippen molar-refractivity contribution in [2.24, 2.45) is 0 Å². The van der Waals surface area contributed by atoms with Crippen LogP contribution in [0.15, 0.2) is 109 Å². The van der Waals surface area contributed by atoms with Gasteiger partial charge in [0.1, 0.15) is 0 Å². The molecule has 0 saturated heterocycles. The molecule has 0 bridgehead atoms. The molecular weight excluding hydrogens is 691 g/mol. The maximum absolute atomic E-state index is 14.1. The molecule has 0 amide bonds. The number of carbonyl (C=O) groups excluding carboxylic acids is 1. The van der Waals surface area contributed by atoms with Gasteiger partial charge in [0.25, 0.3) is 0 Å². The van der Waals surface area contributed by atoms with Crippen LogP contribution in [0, 0.1) is 0 Å². The molecule has 0 aliphatic heterocycles. The summed E-state index contributed by atoms with van der Waals surface area (Å²) in [5.74, 6) is 0.167. The lowest BCUT2D eigenvalue weighted by atomic mass is 9.99. The highest BCUT2D eigenvalue weighted by Crippen LogP contribution is 2.74. The maximum atomic E-state index is 14.1. The third kappa shape index (κ3) is 8.12. The first-order valence-electron chi connectivity index (χ1n) is 22.3. The molecule has 1 nitrogen and oxygen atoms in total. The van der Waals surface area contributed by atoms with Crippen LogP contribution in [-0.4, -0.2) is 28.4 Å². The van der Waals surface area contributed by atoms with E-state index < -0.39 is 14.5 Å². The third-order valence-electron chi connectivity index (χ3n) is 14.7. The van der Waals surface area contributed by atoms with Crippen molar-refractivity contribution in [2.75, 3.05) is 0 Å². The number of hydrogen-bond donors (Lipinski definition) is 0. The summed E-state index contributed by atoms with van der Waals surface area (Å²) in [4.78, 5) is 14.1. The van der Waals surface area contributed by atoms with Gasteiger partial charge < -0.3 is 0 Å². The molecule has 0 spiro atoms. The van der Waals surface area contributed by atoms with Gasteiger partial charge in [-0.15, -0.1) is 0 Å². The number of ketones is 1. The second kappa shape index (κ2) is 18.1. The van der Waals surface area contributed by atoms with Gasteiger partial charge in [-0.3, -0.25) is 4.79 Å². The first-order valence-corrected chi connectivity index (χ1v) is 26.5. The van der Waals surface area contributed by atoms with E-state index in [9.17, 15) is 4.79 Å². The molecule has 284 valence electrons. The van der Waals surface area contributed by atoms with E-state index in [1.165, 1.54) is 152 Å². The number of benzene rings is 4. The van der Waals surface area contributed by atoms with Crippen LogP contribution in [-0.2, 0) is 12.3 Å². The lowest BCUT2D eigenvalue weighted by Gasteiger charge is -2.43. The molecule has 4 aromatic rings. The summed E-state index contributed by atoms with van der Waals surface area (Å²) in [5, 5.41) is 3.35. The highest BCUT2D eigenvalue weighted by molar-refractivity contribution is 7.84. The molecule has 4 fully saturated rings. The summed E-state index contributed by atoms with van der Waals surface area (Å²) in [6.45, 7) is 0. The fourth-order valence-corrected chi connectivity index (χ4v) is 24.5. The normalized spacial score (nSPS) is 20.1. The van der Waals surface area contributed by atoms with Crippen molar-refractivity contribution in [3.8, 4) is 0 Å². The van der Waals surface area contributed by atoms with Crippen LogP contribution in [0.5, 0.6) is 0 Å². The van der Waals surface area contributed by atoms with Gasteiger partial charge in [0, 0.05) is 11.1 Å². The predicted molar refractivity (Wildman–Crippen MR) is 237 cm³/mol. The largest absolute Gasteiger partial charge is 0.289 e. The van der Waals surface area contributed by atoms with Crippen LogP contribution in [0.2, 0.25) is 0 Å². The summed E-state index contributed by atoms with van der Waals surface area (Å²) >= 11 is 0. The minimum Gasteiger partial charge on any atom is -0.289 e. The van der Waals surface area contributed by atoms with Crippen LogP contribution in [0.1, 0.15) is 155 Å². The minimum absolute atomic E-state index is 0.167. The van der Waals surface area contributed by atoms with Crippen molar-refractivity contribution in [1.82, 2.24) is 0 Å². The van der Waals surface area contributed by atoms with Crippen molar-refractivity contribution in [2.45, 2.75) is 163 Å². The van der Waals surface area contributed by atoms with E-state index in [1.54, 1.807) is 10.6 Å². The highest BCUT2D eigenvalue weighted by atomic mass is 31.2. The van der Waals surface area contributed by atoms with Gasteiger partial charge in [-0.1, -0.05) is 111 Å². The Morgan fingerprint density at radius 3 is 0.926 bits per heavy atom. The summed E-state index contributed by atoms with van der Waals surface area (Å²) in [6, 6.07) is 41.6. The average molecular weight is 757 g/mol. The molecule has 0 heterocycles. The van der Waals surface area contributed by atoms with E-state index in [2.05, 4.69) is 109 Å². The lowest BCUT2D eigenvalue weighted by molar-refractivity contribution is 0.103. The fourth-order valence-electron chi connectivity index (χ4n) is 12.0. The summed E-state index contributed by atoms with van der Waals surface area (Å²) in [5.41, 5.74) is 7.93. The summed E-state index contributed by atoms with van der Waals surface area (Å²) < 4.78 is 0. The van der Waals surface area contributed by atoms with Crippen LogP contribution in [0.25, 0.3) is 0 Å². The first kappa shape index (κ1) is 38.3. The Morgan fingerprint density at radius 2 is 0.648 bits per heavy atom. The zero-order valence-corrected chi connectivity index (χ0v) is 34.8. The van der Waals surface area contributed by atoms with Gasteiger partial charge in [-0.25, -0.2) is 0 Å². The maximum Gasteiger partial charge on any atom is 0.193 e. The van der Waals surface area contributed by atoms with E-state index in [1.807, 2.05) is 0 Å². The zero-order chi connectivity index (χ0) is 36.6. The summed E-state index contributed by atoms with van der Waals surface area (Å²) in [7, 11) is -2.93. The highest BCUT2D eigenvalue weighted by Gasteiger charge is 2.55. The second-order valence-electron chi connectivity index (χ2n) is 17.7. The van der Waals surface area contributed by atoms with Gasteiger partial charge in [0.15, 0.2) is 5.78 Å². The SMILES string of the molecule is O=C(c1ccc(C[P+](c2ccccc2)(C2CCCCC2)C2CCCCC2)cc1)c1ccc(C[P+](c2ccccc2)(C2CCCCC2)C2CCCCC2)cc1. The average Bonchev–Trinajstić information content (AvgIpc) is 3.27. The molecule has 0 atom stereocenters. The van der Waals surface area contributed by atoms with E-state index in [-0.39, 0.29) is 5.78 Å². The Hall–Kier alpha value is -2.59. The number of hydrogen-bond acceptors (Lipinski definition) is 1. The van der Waals surface area contributed by atoms with Gasteiger partial charge in [0.2, 0.25) is 0 Å². The molecule has 0 radical (unpaired) electrons. The molecule has 4 aliphatic carbocycles. The van der Waals surface area contributed by atoms with Crippen molar-refractivity contribution in [3.63, 3.8) is 0 Å². The fraction of sp³-hybridized carbons (Fsp3) is 0.510. The molecule has 0 aromatic heterocycles. The molecule has 4 saturated carbocycles. The van der Waals surface area contributed by atoms with E-state index in [0.29, 0.717) is 0 Å². The van der Waals surface area contributed by atoms with Gasteiger partial charge >= 0.3 is 0 Å². The quantitative estimate of drug-likeness (QED) is 0.104. The number of carbonyl (C=O) groups is 1. The Labute approximate surface area is 329 Å². The van der Waals surface area contributed by atoms with E-state index in [4.69, 9.17) is 0 Å². The third-order valence-corrected chi connectivity index (χ3v) is 26.3. The molecule has 0 N–H and O–H groups in total. The Balaban J connectivity index is 1.04. The van der Waals surface area contributed by atoms with Gasteiger partial charge in [-0.2, -0.15) is 0 Å². The smallest absolute Gasteiger partial charge is 0.193 e. The molecule has 3 heteroatoms. The molecule has 54 heavy (non-hydrogen) atoms. The van der Waals surface area contributed by atoms with Crippen molar-refractivity contribution in [3.05, 3.63) is 131 Å². The molecule has 8 rings (SSSR count). The van der Waals surface area contributed by atoms with Crippen LogP contribution in [0.4, 0.5) is 0 Å². The standard InChI is InChI=1S/C51H66OP2/c52-51(43-35-31-41(32-36-43)39-53(45-19-7-1-8-20-45,46-21-9-2-10-22-46)47-23-11-3-12-24-47)44-37-33-42(34-38-44)40-54(48-25-13-4-14-26-48,49-27-15-5-16-28-49)50-29-17-6-18-30-50/h1,4,7-8,13-14,19-20,25-26,31-38,46-47,49-50H,2-3,5-6,9-12,15-18,21-24,27-30,39-40H2/q+2. The zero-order valence-electron chi connectivity index (χ0n) is 33.1. The van der Waals surface area contributed by atoms with Crippen molar-refractivity contribution in [1.29, 1.82) is 0 Å². The predicted octanol–water partition coefficient (Wildman–Crippen LogP) is 13.9. The molecule has 0 unspecified atom stereocenters. The Bertz CT molecular complexity index is 1570. The van der Waals surface area contributed by atoms with Crippen molar-refractivity contribution < 1.29 is 4.79 Å². The second-order valence-corrected chi connectivity index (χ2v) is 26.0. The first-order chi connectivity index (χ1) is 26.7. The van der Waals surface area contributed by atoms with E-state index in [0.717, 1.165) is 33.8 Å². The number of rotatable bonds is 12. The monoisotopic (exact) mass is 756 g/mol. The molecule has 4 aliphatic rings. The van der Waals surface area contributed by atoms with Gasteiger partial charge in [0.05, 0.1) is 60.1 Å². The van der Waals surface area contributed by atoms with Crippen LogP contribution >= 0.6 is 14.5 Å². The van der Waals surface area contributed by atoms with Crippen LogP contribution in [0.3, 0.4) is 0 Å². The Morgan fingerprint density at radius 1 is 0.370 bits per heavy atom. The molecule has 4 aromatic carbocycles.